The van der Waals surface area contributed by atoms with Gasteiger partial charge in [0.05, 0.1) is 35.9 Å². The molecule has 2 heterocycles. The topological polar surface area (TPSA) is 89.4 Å². The van der Waals surface area contributed by atoms with Gasteiger partial charge in [0.25, 0.3) is 0 Å². The summed E-state index contributed by atoms with van der Waals surface area (Å²) in [5.41, 5.74) is 3.08. The van der Waals surface area contributed by atoms with Crippen molar-refractivity contribution in [3.05, 3.63) is 78.8 Å². The van der Waals surface area contributed by atoms with Crippen molar-refractivity contribution in [1.29, 1.82) is 0 Å². The molecule has 0 aliphatic heterocycles. The van der Waals surface area contributed by atoms with Crippen LogP contribution in [0.2, 0.25) is 0 Å². The van der Waals surface area contributed by atoms with E-state index in [-0.39, 0.29) is 11.7 Å². The standard InChI is InChI=1S/C22H19N5O3/c1-23-22(29)26(17-6-5-13-24-14-17)15-9-11-16(12-10-15)27-19-8-4-3-7-18(19)20(25-27)21(28)30-2/h3-14H,1-2H3,(H,23,29). The molecule has 4 aromatic rings. The Morgan fingerprint density at radius 3 is 2.43 bits per heavy atom. The summed E-state index contributed by atoms with van der Waals surface area (Å²) in [6.07, 6.45) is 3.27. The van der Waals surface area contributed by atoms with Crippen molar-refractivity contribution in [2.75, 3.05) is 19.1 Å². The predicted octanol–water partition coefficient (Wildman–Crippen LogP) is 3.68. The lowest BCUT2D eigenvalue weighted by Crippen LogP contribution is -2.34. The van der Waals surface area contributed by atoms with Gasteiger partial charge in [-0.3, -0.25) is 9.88 Å². The van der Waals surface area contributed by atoms with E-state index in [1.807, 2.05) is 48.5 Å². The molecule has 0 atom stereocenters. The van der Waals surface area contributed by atoms with Crippen LogP contribution in [0.4, 0.5) is 16.2 Å². The van der Waals surface area contributed by atoms with E-state index in [0.717, 1.165) is 11.2 Å². The highest BCUT2D eigenvalue weighted by Crippen LogP contribution is 2.28. The molecule has 8 heteroatoms. The summed E-state index contributed by atoms with van der Waals surface area (Å²) in [4.78, 5) is 30.2. The largest absolute Gasteiger partial charge is 0.464 e. The number of carbonyl (C=O) groups excluding carboxylic acids is 2. The Morgan fingerprint density at radius 1 is 1.00 bits per heavy atom. The maximum absolute atomic E-state index is 12.5. The molecule has 2 aromatic heterocycles. The number of urea groups is 1. The number of hydrogen-bond acceptors (Lipinski definition) is 5. The Balaban J connectivity index is 1.77. The van der Waals surface area contributed by atoms with Gasteiger partial charge in [-0.15, -0.1) is 0 Å². The number of nitrogens with zero attached hydrogens (tertiary/aromatic N) is 4. The average Bonchev–Trinajstić information content (AvgIpc) is 3.19. The van der Waals surface area contributed by atoms with E-state index in [4.69, 9.17) is 4.74 Å². The molecule has 1 N–H and O–H groups in total. The number of para-hydroxylation sites is 1. The molecule has 2 aromatic carbocycles. The second-order valence-electron chi connectivity index (χ2n) is 6.39. The van der Waals surface area contributed by atoms with Gasteiger partial charge in [0.15, 0.2) is 5.69 Å². The van der Waals surface area contributed by atoms with Crippen LogP contribution in [-0.2, 0) is 4.74 Å². The second kappa shape index (κ2) is 8.04. The number of nitrogens with one attached hydrogen (secondary N) is 1. The molecule has 0 fully saturated rings. The van der Waals surface area contributed by atoms with E-state index in [1.54, 1.807) is 36.3 Å². The minimum Gasteiger partial charge on any atom is -0.464 e. The van der Waals surface area contributed by atoms with Crippen LogP contribution in [0.1, 0.15) is 10.5 Å². The monoisotopic (exact) mass is 401 g/mol. The molecule has 8 nitrogen and oxygen atoms in total. The first-order chi connectivity index (χ1) is 14.6. The molecule has 30 heavy (non-hydrogen) atoms. The third kappa shape index (κ3) is 3.35. The summed E-state index contributed by atoms with van der Waals surface area (Å²) in [6.45, 7) is 0. The number of benzene rings is 2. The molecule has 0 unspecified atom stereocenters. The van der Waals surface area contributed by atoms with Gasteiger partial charge in [0.1, 0.15) is 0 Å². The molecule has 4 rings (SSSR count). The maximum atomic E-state index is 12.5. The Hall–Kier alpha value is -4.20. The summed E-state index contributed by atoms with van der Waals surface area (Å²) >= 11 is 0. The fourth-order valence-electron chi connectivity index (χ4n) is 3.23. The number of fused-ring (bicyclic) bond motifs is 1. The van der Waals surface area contributed by atoms with Crippen molar-refractivity contribution in [2.24, 2.45) is 0 Å². The highest BCUT2D eigenvalue weighted by atomic mass is 16.5. The zero-order valence-corrected chi connectivity index (χ0v) is 16.4. The fourth-order valence-corrected chi connectivity index (χ4v) is 3.23. The van der Waals surface area contributed by atoms with Gasteiger partial charge in [-0.25, -0.2) is 14.3 Å². The summed E-state index contributed by atoms with van der Waals surface area (Å²) in [6, 6.07) is 18.0. The number of rotatable bonds is 4. The average molecular weight is 401 g/mol. The minimum absolute atomic E-state index is 0.250. The van der Waals surface area contributed by atoms with Crippen molar-refractivity contribution >= 4 is 34.3 Å². The van der Waals surface area contributed by atoms with E-state index in [0.29, 0.717) is 16.8 Å². The lowest BCUT2D eigenvalue weighted by molar-refractivity contribution is 0.0595. The summed E-state index contributed by atoms with van der Waals surface area (Å²) < 4.78 is 6.54. The molecule has 2 amide bonds. The fraction of sp³-hybridized carbons (Fsp3) is 0.0909. The van der Waals surface area contributed by atoms with Crippen LogP contribution in [-0.4, -0.2) is 40.9 Å². The van der Waals surface area contributed by atoms with Crippen molar-refractivity contribution in [3.8, 4) is 5.69 Å². The summed E-state index contributed by atoms with van der Waals surface area (Å²) in [5.74, 6) is -0.496. The molecule has 0 spiro atoms. The summed E-state index contributed by atoms with van der Waals surface area (Å²) in [5, 5.41) is 7.80. The van der Waals surface area contributed by atoms with Gasteiger partial charge in [-0.1, -0.05) is 18.2 Å². The number of carbonyl (C=O) groups is 2. The number of hydrogen-bond donors (Lipinski definition) is 1. The highest BCUT2D eigenvalue weighted by Gasteiger charge is 2.20. The first kappa shape index (κ1) is 19.1. The van der Waals surface area contributed by atoms with Crippen molar-refractivity contribution in [1.82, 2.24) is 20.1 Å². The molecule has 150 valence electrons. The normalized spacial score (nSPS) is 10.6. The second-order valence-corrected chi connectivity index (χ2v) is 6.39. The van der Waals surface area contributed by atoms with Crippen LogP contribution >= 0.6 is 0 Å². The number of anilines is 2. The van der Waals surface area contributed by atoms with Gasteiger partial charge in [-0.05, 0) is 42.5 Å². The SMILES string of the molecule is CNC(=O)N(c1ccc(-n2nc(C(=O)OC)c3ccccc32)cc1)c1cccnc1. The number of esters is 1. The zero-order valence-electron chi connectivity index (χ0n) is 16.4. The number of methoxy groups -OCH3 is 1. The first-order valence-corrected chi connectivity index (χ1v) is 9.22. The van der Waals surface area contributed by atoms with E-state index in [1.165, 1.54) is 12.0 Å². The third-order valence-corrected chi connectivity index (χ3v) is 4.64. The Morgan fingerprint density at radius 2 is 1.77 bits per heavy atom. The molecule has 0 aliphatic rings. The zero-order chi connectivity index (χ0) is 21.1. The molecule has 0 bridgehead atoms. The van der Waals surface area contributed by atoms with E-state index in [2.05, 4.69) is 15.4 Å². The number of amides is 2. The summed E-state index contributed by atoms with van der Waals surface area (Å²) in [7, 11) is 2.90. The minimum atomic E-state index is -0.496. The quantitative estimate of drug-likeness (QED) is 0.527. The van der Waals surface area contributed by atoms with Crippen molar-refractivity contribution in [3.63, 3.8) is 0 Å². The molecule has 0 aliphatic carbocycles. The van der Waals surface area contributed by atoms with Gasteiger partial charge in [0, 0.05) is 18.6 Å². The van der Waals surface area contributed by atoms with E-state index >= 15 is 0 Å². The molecule has 0 radical (unpaired) electrons. The predicted molar refractivity (Wildman–Crippen MR) is 113 cm³/mol. The Kier molecular flexibility index (Phi) is 5.13. The van der Waals surface area contributed by atoms with Gasteiger partial charge in [-0.2, -0.15) is 5.10 Å². The van der Waals surface area contributed by atoms with Gasteiger partial charge >= 0.3 is 12.0 Å². The lowest BCUT2D eigenvalue weighted by Gasteiger charge is -2.22. The third-order valence-electron chi connectivity index (χ3n) is 4.64. The van der Waals surface area contributed by atoms with Gasteiger partial charge in [0.2, 0.25) is 0 Å². The van der Waals surface area contributed by atoms with Crippen LogP contribution in [0, 0.1) is 0 Å². The molecular weight excluding hydrogens is 382 g/mol. The van der Waals surface area contributed by atoms with E-state index < -0.39 is 5.97 Å². The maximum Gasteiger partial charge on any atom is 0.359 e. The lowest BCUT2D eigenvalue weighted by atomic mass is 10.2. The van der Waals surface area contributed by atoms with Crippen molar-refractivity contribution in [2.45, 2.75) is 0 Å². The molecule has 0 saturated heterocycles. The van der Waals surface area contributed by atoms with Crippen LogP contribution < -0.4 is 10.2 Å². The van der Waals surface area contributed by atoms with Crippen LogP contribution in [0.3, 0.4) is 0 Å². The van der Waals surface area contributed by atoms with E-state index in [9.17, 15) is 9.59 Å². The Labute approximate surface area is 172 Å². The first-order valence-electron chi connectivity index (χ1n) is 9.22. The number of pyridine rings is 1. The van der Waals surface area contributed by atoms with Crippen LogP contribution in [0.25, 0.3) is 16.6 Å². The molecular formula is C22H19N5O3. The van der Waals surface area contributed by atoms with Crippen LogP contribution in [0.5, 0.6) is 0 Å². The highest BCUT2D eigenvalue weighted by molar-refractivity contribution is 6.02. The van der Waals surface area contributed by atoms with Crippen LogP contribution in [0.15, 0.2) is 73.1 Å². The number of ether oxygens (including phenoxy) is 1. The van der Waals surface area contributed by atoms with Gasteiger partial charge < -0.3 is 10.1 Å². The molecule has 0 saturated carbocycles. The smallest absolute Gasteiger partial charge is 0.359 e. The Bertz CT molecular complexity index is 1200. The van der Waals surface area contributed by atoms with Crippen molar-refractivity contribution < 1.29 is 14.3 Å². The number of aromatic nitrogens is 3.